The number of benzene rings is 1. The average molecular weight is 295 g/mol. The Labute approximate surface area is 109 Å². The third-order valence-electron chi connectivity index (χ3n) is 3.74. The van der Waals surface area contributed by atoms with Gasteiger partial charge in [-0.3, -0.25) is 4.79 Å². The minimum absolute atomic E-state index is 0.260. The number of nitrogens with zero attached hydrogens (tertiary/aromatic N) is 1. The smallest absolute Gasteiger partial charge is 0.227 e. The maximum atomic E-state index is 12.2. The number of halogens is 1. The Morgan fingerprint density at radius 3 is 3.00 bits per heavy atom. The number of carbonyl (C=O) groups excluding carboxylic acids is 1. The van der Waals surface area contributed by atoms with E-state index in [1.807, 2.05) is 29.2 Å². The zero-order valence-corrected chi connectivity index (χ0v) is 11.1. The van der Waals surface area contributed by atoms with Gasteiger partial charge in [0.05, 0.1) is 11.7 Å². The molecular formula is C13H15BrN2O. The predicted molar refractivity (Wildman–Crippen MR) is 71.0 cm³/mol. The van der Waals surface area contributed by atoms with Gasteiger partial charge >= 0.3 is 0 Å². The van der Waals surface area contributed by atoms with Crippen molar-refractivity contribution >= 4 is 27.5 Å². The number of fused-ring (bicyclic) bond motifs is 1. The highest BCUT2D eigenvalue weighted by atomic mass is 79.9. The van der Waals surface area contributed by atoms with Crippen LogP contribution >= 0.6 is 15.9 Å². The van der Waals surface area contributed by atoms with Crippen LogP contribution < -0.4 is 10.2 Å². The van der Waals surface area contributed by atoms with Crippen molar-refractivity contribution in [3.8, 4) is 0 Å². The summed E-state index contributed by atoms with van der Waals surface area (Å²) in [6.07, 6.45) is 1.81. The van der Waals surface area contributed by atoms with Crippen molar-refractivity contribution in [1.29, 1.82) is 0 Å². The van der Waals surface area contributed by atoms with Crippen molar-refractivity contribution in [2.24, 2.45) is 5.92 Å². The molecule has 0 aliphatic carbocycles. The number of amides is 1. The number of hydrogen-bond acceptors (Lipinski definition) is 2. The highest BCUT2D eigenvalue weighted by molar-refractivity contribution is 9.10. The van der Waals surface area contributed by atoms with E-state index in [2.05, 4.69) is 21.2 Å². The zero-order chi connectivity index (χ0) is 11.8. The molecule has 2 saturated heterocycles. The van der Waals surface area contributed by atoms with Crippen LogP contribution in [-0.4, -0.2) is 25.0 Å². The van der Waals surface area contributed by atoms with Crippen LogP contribution in [0.15, 0.2) is 28.7 Å². The van der Waals surface area contributed by atoms with Crippen molar-refractivity contribution in [1.82, 2.24) is 5.32 Å². The first-order valence-electron chi connectivity index (χ1n) is 6.04. The molecule has 2 unspecified atom stereocenters. The fourth-order valence-corrected chi connectivity index (χ4v) is 3.38. The van der Waals surface area contributed by atoms with Crippen molar-refractivity contribution in [3.05, 3.63) is 28.7 Å². The molecule has 17 heavy (non-hydrogen) atoms. The van der Waals surface area contributed by atoms with Gasteiger partial charge in [0.25, 0.3) is 0 Å². The predicted octanol–water partition coefficient (Wildman–Crippen LogP) is 2.16. The lowest BCUT2D eigenvalue weighted by Gasteiger charge is -2.32. The molecule has 2 aliphatic rings. The van der Waals surface area contributed by atoms with Gasteiger partial charge in [0.1, 0.15) is 0 Å². The van der Waals surface area contributed by atoms with E-state index in [-0.39, 0.29) is 5.91 Å². The Kier molecular flexibility index (Phi) is 2.92. The van der Waals surface area contributed by atoms with Crippen LogP contribution in [0.2, 0.25) is 0 Å². The third kappa shape index (κ3) is 1.89. The molecule has 0 radical (unpaired) electrons. The Morgan fingerprint density at radius 2 is 2.18 bits per heavy atom. The lowest BCUT2D eigenvalue weighted by molar-refractivity contribution is -0.117. The Hall–Kier alpha value is -0.870. The number of hydrogen-bond donors (Lipinski definition) is 1. The molecule has 90 valence electrons. The largest absolute Gasteiger partial charge is 0.315 e. The van der Waals surface area contributed by atoms with Crippen molar-refractivity contribution < 1.29 is 4.79 Å². The first kappa shape index (κ1) is 11.2. The number of rotatable bonds is 1. The van der Waals surface area contributed by atoms with E-state index in [0.29, 0.717) is 18.4 Å². The van der Waals surface area contributed by atoms with Crippen molar-refractivity contribution in [3.63, 3.8) is 0 Å². The second-order valence-electron chi connectivity index (χ2n) is 4.74. The quantitative estimate of drug-likeness (QED) is 0.861. The van der Waals surface area contributed by atoms with Gasteiger partial charge in [-0.25, -0.2) is 0 Å². The van der Waals surface area contributed by atoms with Crippen LogP contribution in [-0.2, 0) is 4.79 Å². The van der Waals surface area contributed by atoms with Gasteiger partial charge < -0.3 is 10.2 Å². The summed E-state index contributed by atoms with van der Waals surface area (Å²) >= 11 is 3.54. The van der Waals surface area contributed by atoms with E-state index in [1.54, 1.807) is 0 Å². The molecule has 1 N–H and O–H groups in total. The van der Waals surface area contributed by atoms with Gasteiger partial charge in [0, 0.05) is 17.4 Å². The van der Waals surface area contributed by atoms with Crippen LogP contribution in [0.25, 0.3) is 0 Å². The second-order valence-corrected chi connectivity index (χ2v) is 5.59. The molecule has 2 atom stereocenters. The summed E-state index contributed by atoms with van der Waals surface area (Å²) in [6.45, 7) is 1.95. The number of para-hydroxylation sites is 1. The molecule has 3 rings (SSSR count). The fourth-order valence-electron chi connectivity index (χ4n) is 2.90. The molecule has 0 aromatic heterocycles. The second kappa shape index (κ2) is 4.42. The first-order valence-corrected chi connectivity index (χ1v) is 6.84. The van der Waals surface area contributed by atoms with E-state index in [0.717, 1.165) is 29.7 Å². The lowest BCUT2D eigenvalue weighted by Crippen LogP contribution is -2.47. The first-order chi connectivity index (χ1) is 8.27. The summed E-state index contributed by atoms with van der Waals surface area (Å²) in [6, 6.07) is 8.29. The highest BCUT2D eigenvalue weighted by Crippen LogP contribution is 2.37. The zero-order valence-electron chi connectivity index (χ0n) is 9.53. The standard InChI is InChI=1S/C13H15BrN2O/c14-10-3-1-2-4-11(10)16-12-8-15-6-5-9(12)7-13(16)17/h1-4,9,12,15H,5-8H2. The molecule has 0 saturated carbocycles. The summed E-state index contributed by atoms with van der Waals surface area (Å²) in [5, 5.41) is 3.39. The summed E-state index contributed by atoms with van der Waals surface area (Å²) in [7, 11) is 0. The third-order valence-corrected chi connectivity index (χ3v) is 4.41. The maximum absolute atomic E-state index is 12.2. The molecular weight excluding hydrogens is 280 g/mol. The lowest BCUT2D eigenvalue weighted by atomic mass is 9.93. The van der Waals surface area contributed by atoms with E-state index in [4.69, 9.17) is 0 Å². The van der Waals surface area contributed by atoms with Gasteiger partial charge in [0.15, 0.2) is 0 Å². The highest BCUT2D eigenvalue weighted by Gasteiger charge is 2.41. The molecule has 2 heterocycles. The molecule has 2 fully saturated rings. The average Bonchev–Trinajstić information content (AvgIpc) is 2.66. The van der Waals surface area contributed by atoms with Crippen LogP contribution in [0, 0.1) is 5.92 Å². The van der Waals surface area contributed by atoms with Crippen LogP contribution in [0.3, 0.4) is 0 Å². The minimum atomic E-state index is 0.260. The van der Waals surface area contributed by atoms with Gasteiger partial charge in [-0.15, -0.1) is 0 Å². The van der Waals surface area contributed by atoms with E-state index >= 15 is 0 Å². The minimum Gasteiger partial charge on any atom is -0.315 e. The normalized spacial score (nSPS) is 28.3. The molecule has 0 spiro atoms. The van der Waals surface area contributed by atoms with Crippen LogP contribution in [0.4, 0.5) is 5.69 Å². The molecule has 1 aromatic carbocycles. The van der Waals surface area contributed by atoms with Crippen molar-refractivity contribution in [2.75, 3.05) is 18.0 Å². The molecule has 4 heteroatoms. The van der Waals surface area contributed by atoms with Crippen LogP contribution in [0.1, 0.15) is 12.8 Å². The van der Waals surface area contributed by atoms with E-state index in [1.165, 1.54) is 0 Å². The summed E-state index contributed by atoms with van der Waals surface area (Å²) in [5.74, 6) is 0.784. The summed E-state index contributed by atoms with van der Waals surface area (Å²) in [5.41, 5.74) is 1.01. The maximum Gasteiger partial charge on any atom is 0.227 e. The molecule has 1 amide bonds. The topological polar surface area (TPSA) is 32.3 Å². The number of anilines is 1. The Balaban J connectivity index is 1.96. The molecule has 1 aromatic rings. The van der Waals surface area contributed by atoms with Gasteiger partial charge in [-0.2, -0.15) is 0 Å². The molecule has 0 bridgehead atoms. The van der Waals surface area contributed by atoms with Crippen molar-refractivity contribution in [2.45, 2.75) is 18.9 Å². The van der Waals surface area contributed by atoms with E-state index < -0.39 is 0 Å². The Bertz CT molecular complexity index is 449. The monoisotopic (exact) mass is 294 g/mol. The SMILES string of the molecule is O=C1CC2CCNCC2N1c1ccccc1Br. The number of piperidine rings is 1. The Morgan fingerprint density at radius 1 is 1.35 bits per heavy atom. The van der Waals surface area contributed by atoms with Gasteiger partial charge in [0.2, 0.25) is 5.91 Å². The molecule has 3 nitrogen and oxygen atoms in total. The molecule has 2 aliphatic heterocycles. The summed E-state index contributed by atoms with van der Waals surface area (Å²) < 4.78 is 1.000. The van der Waals surface area contributed by atoms with E-state index in [9.17, 15) is 4.79 Å². The summed E-state index contributed by atoms with van der Waals surface area (Å²) in [4.78, 5) is 14.1. The van der Waals surface area contributed by atoms with Gasteiger partial charge in [-0.05, 0) is 46.9 Å². The fraction of sp³-hybridized carbons (Fsp3) is 0.462. The number of nitrogens with one attached hydrogen (secondary N) is 1. The van der Waals surface area contributed by atoms with Crippen LogP contribution in [0.5, 0.6) is 0 Å². The number of carbonyl (C=O) groups is 1. The van der Waals surface area contributed by atoms with Gasteiger partial charge in [-0.1, -0.05) is 12.1 Å².